The van der Waals surface area contributed by atoms with E-state index in [1.165, 1.54) is 4.68 Å². The lowest BCUT2D eigenvalue weighted by atomic mass is 10.1. The van der Waals surface area contributed by atoms with Gasteiger partial charge in [0.2, 0.25) is 5.91 Å². The maximum atomic E-state index is 12.1. The van der Waals surface area contributed by atoms with Crippen molar-refractivity contribution in [3.63, 3.8) is 0 Å². The zero-order chi connectivity index (χ0) is 13.0. The summed E-state index contributed by atoms with van der Waals surface area (Å²) in [5.74, 6) is -1.06. The van der Waals surface area contributed by atoms with Crippen LogP contribution < -0.4 is 0 Å². The van der Waals surface area contributed by atoms with E-state index in [1.807, 2.05) is 0 Å². The monoisotopic (exact) mass is 253 g/mol. The summed E-state index contributed by atoms with van der Waals surface area (Å²) < 4.78 is 6.74. The van der Waals surface area contributed by atoms with E-state index in [9.17, 15) is 9.59 Å². The second-order valence-electron chi connectivity index (χ2n) is 4.12. The SMILES string of the molecule is O=C(O)CC1COCCN1C(=O)Cn1cccn1. The van der Waals surface area contributed by atoms with Crippen LogP contribution in [0.5, 0.6) is 0 Å². The second kappa shape index (κ2) is 5.63. The standard InChI is InChI=1S/C11H15N3O4/c15-10(7-13-3-1-2-12-13)14-4-5-18-8-9(14)6-11(16)17/h1-3,9H,4-8H2,(H,16,17). The molecule has 1 aromatic heterocycles. The van der Waals surface area contributed by atoms with Gasteiger partial charge in [-0.25, -0.2) is 0 Å². The maximum Gasteiger partial charge on any atom is 0.305 e. The van der Waals surface area contributed by atoms with Gasteiger partial charge in [0, 0.05) is 18.9 Å². The smallest absolute Gasteiger partial charge is 0.305 e. The lowest BCUT2D eigenvalue weighted by molar-refractivity contribution is -0.146. The lowest BCUT2D eigenvalue weighted by Crippen LogP contribution is -2.50. The van der Waals surface area contributed by atoms with Gasteiger partial charge < -0.3 is 14.7 Å². The zero-order valence-corrected chi connectivity index (χ0v) is 9.86. The minimum Gasteiger partial charge on any atom is -0.481 e. The van der Waals surface area contributed by atoms with Crippen molar-refractivity contribution < 1.29 is 19.4 Å². The molecule has 0 aromatic carbocycles. The Bertz CT molecular complexity index is 418. The highest BCUT2D eigenvalue weighted by molar-refractivity contribution is 5.77. The third-order valence-corrected chi connectivity index (χ3v) is 2.81. The topological polar surface area (TPSA) is 84.7 Å². The first-order valence-corrected chi connectivity index (χ1v) is 5.73. The van der Waals surface area contributed by atoms with Crippen molar-refractivity contribution in [2.75, 3.05) is 19.8 Å². The van der Waals surface area contributed by atoms with E-state index in [0.29, 0.717) is 13.2 Å². The molecule has 1 aliphatic rings. The summed E-state index contributed by atoms with van der Waals surface area (Å²) in [5, 5.41) is 12.8. The Morgan fingerprint density at radius 3 is 3.00 bits per heavy atom. The largest absolute Gasteiger partial charge is 0.481 e. The van der Waals surface area contributed by atoms with Crippen LogP contribution in [-0.4, -0.2) is 57.5 Å². The van der Waals surface area contributed by atoms with Crippen LogP contribution in [0.3, 0.4) is 0 Å². The fourth-order valence-corrected chi connectivity index (χ4v) is 1.98. The van der Waals surface area contributed by atoms with E-state index in [0.717, 1.165) is 0 Å². The number of carbonyl (C=O) groups excluding carboxylic acids is 1. The molecule has 1 atom stereocenters. The Morgan fingerprint density at radius 2 is 2.33 bits per heavy atom. The number of aromatic nitrogens is 2. The van der Waals surface area contributed by atoms with Crippen molar-refractivity contribution in [1.29, 1.82) is 0 Å². The van der Waals surface area contributed by atoms with Crippen molar-refractivity contribution >= 4 is 11.9 Å². The molecule has 1 fully saturated rings. The van der Waals surface area contributed by atoms with Gasteiger partial charge in [0.25, 0.3) is 0 Å². The minimum atomic E-state index is -0.928. The van der Waals surface area contributed by atoms with Crippen LogP contribution in [0.4, 0.5) is 0 Å². The molecular weight excluding hydrogens is 238 g/mol. The van der Waals surface area contributed by atoms with E-state index >= 15 is 0 Å². The van der Waals surface area contributed by atoms with Crippen LogP contribution in [0.15, 0.2) is 18.5 Å². The zero-order valence-electron chi connectivity index (χ0n) is 9.86. The van der Waals surface area contributed by atoms with E-state index in [4.69, 9.17) is 9.84 Å². The Hall–Kier alpha value is -1.89. The number of hydrogen-bond acceptors (Lipinski definition) is 4. The number of carboxylic acid groups (broad SMARTS) is 1. The first-order valence-electron chi connectivity index (χ1n) is 5.73. The van der Waals surface area contributed by atoms with Crippen molar-refractivity contribution in [2.45, 2.75) is 19.0 Å². The van der Waals surface area contributed by atoms with Crippen LogP contribution in [0.25, 0.3) is 0 Å². The predicted molar refractivity (Wildman–Crippen MR) is 60.8 cm³/mol. The fourth-order valence-electron chi connectivity index (χ4n) is 1.98. The molecule has 7 nitrogen and oxygen atoms in total. The molecule has 0 bridgehead atoms. The lowest BCUT2D eigenvalue weighted by Gasteiger charge is -2.34. The third kappa shape index (κ3) is 3.07. The number of rotatable bonds is 4. The number of ether oxygens (including phenoxy) is 1. The first kappa shape index (κ1) is 12.6. The molecule has 0 aliphatic carbocycles. The first-order chi connectivity index (χ1) is 8.66. The molecule has 1 amide bonds. The summed E-state index contributed by atoms with van der Waals surface area (Å²) in [4.78, 5) is 24.4. The summed E-state index contributed by atoms with van der Waals surface area (Å²) >= 11 is 0. The molecule has 7 heteroatoms. The number of amides is 1. The van der Waals surface area contributed by atoms with Gasteiger partial charge in [-0.2, -0.15) is 5.10 Å². The summed E-state index contributed by atoms with van der Waals surface area (Å²) in [5.41, 5.74) is 0. The molecule has 2 heterocycles. The normalized spacial score (nSPS) is 19.8. The highest BCUT2D eigenvalue weighted by Crippen LogP contribution is 2.11. The Kier molecular flexibility index (Phi) is 3.93. The molecule has 0 saturated carbocycles. The molecular formula is C11H15N3O4. The maximum absolute atomic E-state index is 12.1. The van der Waals surface area contributed by atoms with Crippen LogP contribution in [0, 0.1) is 0 Å². The van der Waals surface area contributed by atoms with E-state index in [-0.39, 0.29) is 31.5 Å². The highest BCUT2D eigenvalue weighted by atomic mass is 16.5. The molecule has 2 rings (SSSR count). The molecule has 98 valence electrons. The highest BCUT2D eigenvalue weighted by Gasteiger charge is 2.29. The minimum absolute atomic E-state index is 0.0924. The van der Waals surface area contributed by atoms with Crippen LogP contribution in [0.1, 0.15) is 6.42 Å². The number of hydrogen-bond donors (Lipinski definition) is 1. The Morgan fingerprint density at radius 1 is 1.50 bits per heavy atom. The van der Waals surface area contributed by atoms with Gasteiger partial charge in [0.05, 0.1) is 25.7 Å². The average molecular weight is 253 g/mol. The molecule has 1 unspecified atom stereocenters. The molecule has 1 saturated heterocycles. The van der Waals surface area contributed by atoms with E-state index in [1.54, 1.807) is 23.4 Å². The van der Waals surface area contributed by atoms with Gasteiger partial charge in [-0.15, -0.1) is 0 Å². The molecule has 1 aliphatic heterocycles. The number of nitrogens with zero attached hydrogens (tertiary/aromatic N) is 3. The van der Waals surface area contributed by atoms with Crippen molar-refractivity contribution in [3.05, 3.63) is 18.5 Å². The van der Waals surface area contributed by atoms with E-state index in [2.05, 4.69) is 5.10 Å². The summed E-state index contributed by atoms with van der Waals surface area (Å²) in [6.07, 6.45) is 3.21. The number of carbonyl (C=O) groups is 2. The molecule has 1 aromatic rings. The Labute approximate surface area is 104 Å². The van der Waals surface area contributed by atoms with Gasteiger partial charge in [-0.1, -0.05) is 0 Å². The molecule has 18 heavy (non-hydrogen) atoms. The third-order valence-electron chi connectivity index (χ3n) is 2.81. The molecule has 1 N–H and O–H groups in total. The number of morpholine rings is 1. The van der Waals surface area contributed by atoms with Gasteiger partial charge in [-0.3, -0.25) is 14.3 Å². The summed E-state index contributed by atoms with van der Waals surface area (Å²) in [6.45, 7) is 1.28. The average Bonchev–Trinajstić information content (AvgIpc) is 2.81. The number of carboxylic acids is 1. The Balaban J connectivity index is 1.99. The van der Waals surface area contributed by atoms with Gasteiger partial charge >= 0.3 is 5.97 Å². The van der Waals surface area contributed by atoms with Gasteiger partial charge in [-0.05, 0) is 6.07 Å². The summed E-state index contributed by atoms with van der Waals surface area (Å²) in [7, 11) is 0. The quantitative estimate of drug-likeness (QED) is 0.788. The van der Waals surface area contributed by atoms with Crippen LogP contribution in [0.2, 0.25) is 0 Å². The van der Waals surface area contributed by atoms with Gasteiger partial charge in [0.1, 0.15) is 6.54 Å². The fraction of sp³-hybridized carbons (Fsp3) is 0.545. The summed E-state index contributed by atoms with van der Waals surface area (Å²) in [6, 6.07) is 1.35. The van der Waals surface area contributed by atoms with Crippen LogP contribution in [-0.2, 0) is 20.9 Å². The predicted octanol–water partition coefficient (Wildman–Crippen LogP) is -0.415. The van der Waals surface area contributed by atoms with Crippen LogP contribution >= 0.6 is 0 Å². The van der Waals surface area contributed by atoms with Crippen molar-refractivity contribution in [3.8, 4) is 0 Å². The van der Waals surface area contributed by atoms with Crippen molar-refractivity contribution in [1.82, 2.24) is 14.7 Å². The number of aliphatic carboxylic acids is 1. The second-order valence-corrected chi connectivity index (χ2v) is 4.12. The molecule has 0 radical (unpaired) electrons. The van der Waals surface area contributed by atoms with E-state index < -0.39 is 5.97 Å². The van der Waals surface area contributed by atoms with Gasteiger partial charge in [0.15, 0.2) is 0 Å². The van der Waals surface area contributed by atoms with Crippen molar-refractivity contribution in [2.24, 2.45) is 0 Å². The molecule has 0 spiro atoms.